The Hall–Kier alpha value is -0.410. The Kier molecular flexibility index (Phi) is 3.45. The van der Waals surface area contributed by atoms with Crippen LogP contribution in [0.2, 0.25) is 0 Å². The molecule has 0 aliphatic carbocycles. The van der Waals surface area contributed by atoms with Crippen LogP contribution in [0, 0.1) is 0 Å². The number of hydrogen-bond acceptors (Lipinski definition) is 2. The lowest BCUT2D eigenvalue weighted by atomic mass is 9.97. The van der Waals surface area contributed by atoms with Gasteiger partial charge in [-0.25, -0.2) is 0 Å². The van der Waals surface area contributed by atoms with Gasteiger partial charge >= 0.3 is 0 Å². The van der Waals surface area contributed by atoms with Crippen LogP contribution in [0.25, 0.3) is 0 Å². The molecule has 1 aromatic heterocycles. The molecule has 2 nitrogen and oxygen atoms in total. The first-order valence-electron chi connectivity index (χ1n) is 4.37. The standard InChI is InChI=1S/C10H14BrNO/c1-3-10(2,13)7-9-8(11)5-4-6-12-9/h4-6,13H,3,7H2,1-2H3. The molecule has 3 heteroatoms. The van der Waals surface area contributed by atoms with Crippen molar-refractivity contribution >= 4 is 15.9 Å². The Labute approximate surface area is 87.1 Å². The van der Waals surface area contributed by atoms with Gasteiger partial charge in [0.05, 0.1) is 11.3 Å². The quantitative estimate of drug-likeness (QED) is 0.886. The van der Waals surface area contributed by atoms with Crippen LogP contribution < -0.4 is 0 Å². The van der Waals surface area contributed by atoms with E-state index in [1.807, 2.05) is 26.0 Å². The molecule has 72 valence electrons. The maximum absolute atomic E-state index is 9.84. The van der Waals surface area contributed by atoms with E-state index >= 15 is 0 Å². The molecule has 0 radical (unpaired) electrons. The lowest BCUT2D eigenvalue weighted by Gasteiger charge is -2.20. The van der Waals surface area contributed by atoms with Gasteiger partial charge in [0.15, 0.2) is 0 Å². The van der Waals surface area contributed by atoms with E-state index < -0.39 is 5.60 Å². The minimum Gasteiger partial charge on any atom is -0.390 e. The summed E-state index contributed by atoms with van der Waals surface area (Å²) in [5.74, 6) is 0. The monoisotopic (exact) mass is 243 g/mol. The molecule has 0 saturated carbocycles. The summed E-state index contributed by atoms with van der Waals surface area (Å²) in [6, 6.07) is 3.81. The van der Waals surface area contributed by atoms with Crippen molar-refractivity contribution in [1.29, 1.82) is 0 Å². The van der Waals surface area contributed by atoms with Crippen molar-refractivity contribution < 1.29 is 5.11 Å². The zero-order chi connectivity index (χ0) is 9.90. The van der Waals surface area contributed by atoms with Gasteiger partial charge < -0.3 is 5.11 Å². The molecule has 1 heterocycles. The van der Waals surface area contributed by atoms with Crippen LogP contribution in [0.3, 0.4) is 0 Å². The second-order valence-electron chi connectivity index (χ2n) is 3.46. The Morgan fingerprint density at radius 3 is 2.85 bits per heavy atom. The number of aromatic nitrogens is 1. The van der Waals surface area contributed by atoms with E-state index in [0.29, 0.717) is 6.42 Å². The Morgan fingerprint density at radius 1 is 1.62 bits per heavy atom. The third-order valence-corrected chi connectivity index (χ3v) is 2.87. The summed E-state index contributed by atoms with van der Waals surface area (Å²) < 4.78 is 0.962. The average molecular weight is 244 g/mol. The van der Waals surface area contributed by atoms with Crippen LogP contribution in [-0.2, 0) is 6.42 Å². The molecule has 1 atom stereocenters. The van der Waals surface area contributed by atoms with Crippen molar-refractivity contribution in [3.8, 4) is 0 Å². The van der Waals surface area contributed by atoms with Gasteiger partial charge in [-0.1, -0.05) is 6.92 Å². The van der Waals surface area contributed by atoms with E-state index in [1.165, 1.54) is 0 Å². The predicted octanol–water partition coefficient (Wildman–Crippen LogP) is 2.55. The molecule has 0 aromatic carbocycles. The molecule has 0 aliphatic rings. The summed E-state index contributed by atoms with van der Waals surface area (Å²) in [6.45, 7) is 3.80. The largest absolute Gasteiger partial charge is 0.390 e. The van der Waals surface area contributed by atoms with E-state index in [9.17, 15) is 5.11 Å². The zero-order valence-corrected chi connectivity index (χ0v) is 9.50. The van der Waals surface area contributed by atoms with Crippen molar-refractivity contribution in [1.82, 2.24) is 4.98 Å². The number of nitrogens with zero attached hydrogens (tertiary/aromatic N) is 1. The zero-order valence-electron chi connectivity index (χ0n) is 7.92. The van der Waals surface area contributed by atoms with Gasteiger partial charge in [-0.05, 0) is 41.4 Å². The number of hydrogen-bond donors (Lipinski definition) is 1. The van der Waals surface area contributed by atoms with Crippen LogP contribution in [0.4, 0.5) is 0 Å². The molecule has 0 spiro atoms. The molecule has 1 rings (SSSR count). The molecule has 0 amide bonds. The maximum atomic E-state index is 9.84. The van der Waals surface area contributed by atoms with Crippen LogP contribution in [0.5, 0.6) is 0 Å². The summed E-state index contributed by atoms with van der Waals surface area (Å²) in [6.07, 6.45) is 3.06. The lowest BCUT2D eigenvalue weighted by molar-refractivity contribution is 0.0553. The van der Waals surface area contributed by atoms with Crippen molar-refractivity contribution in [2.24, 2.45) is 0 Å². The third-order valence-electron chi connectivity index (χ3n) is 2.14. The van der Waals surface area contributed by atoms with Gasteiger partial charge in [-0.2, -0.15) is 0 Å². The van der Waals surface area contributed by atoms with Gasteiger partial charge in [0.2, 0.25) is 0 Å². The number of halogens is 1. The van der Waals surface area contributed by atoms with E-state index in [0.717, 1.165) is 16.6 Å². The minimum atomic E-state index is -0.656. The fourth-order valence-corrected chi connectivity index (χ4v) is 1.43. The molecule has 1 aromatic rings. The minimum absolute atomic E-state index is 0.588. The van der Waals surface area contributed by atoms with E-state index in [2.05, 4.69) is 20.9 Å². The normalized spacial score (nSPS) is 15.4. The average Bonchev–Trinajstić information content (AvgIpc) is 2.09. The molecule has 0 fully saturated rings. The van der Waals surface area contributed by atoms with E-state index in [4.69, 9.17) is 0 Å². The highest BCUT2D eigenvalue weighted by molar-refractivity contribution is 9.10. The van der Waals surface area contributed by atoms with Crippen molar-refractivity contribution in [3.63, 3.8) is 0 Å². The van der Waals surface area contributed by atoms with Crippen LogP contribution >= 0.6 is 15.9 Å². The van der Waals surface area contributed by atoms with E-state index in [1.54, 1.807) is 6.20 Å². The Morgan fingerprint density at radius 2 is 2.31 bits per heavy atom. The molecular formula is C10H14BrNO. The second kappa shape index (κ2) is 4.20. The van der Waals surface area contributed by atoms with Gasteiger partial charge in [0, 0.05) is 17.1 Å². The summed E-state index contributed by atoms with van der Waals surface area (Å²) in [7, 11) is 0. The summed E-state index contributed by atoms with van der Waals surface area (Å²) >= 11 is 3.40. The van der Waals surface area contributed by atoms with Gasteiger partial charge in [-0.15, -0.1) is 0 Å². The summed E-state index contributed by atoms with van der Waals surface area (Å²) in [4.78, 5) is 4.20. The van der Waals surface area contributed by atoms with E-state index in [-0.39, 0.29) is 0 Å². The van der Waals surface area contributed by atoms with Gasteiger partial charge in [0.25, 0.3) is 0 Å². The highest BCUT2D eigenvalue weighted by Crippen LogP contribution is 2.20. The van der Waals surface area contributed by atoms with Crippen molar-refractivity contribution in [2.45, 2.75) is 32.3 Å². The highest BCUT2D eigenvalue weighted by atomic mass is 79.9. The molecule has 13 heavy (non-hydrogen) atoms. The Balaban J connectivity index is 2.80. The summed E-state index contributed by atoms with van der Waals surface area (Å²) in [5.41, 5.74) is 0.256. The SMILES string of the molecule is CCC(C)(O)Cc1ncccc1Br. The number of pyridine rings is 1. The maximum Gasteiger partial charge on any atom is 0.0672 e. The molecule has 0 saturated heterocycles. The fourth-order valence-electron chi connectivity index (χ4n) is 1.03. The van der Waals surface area contributed by atoms with Gasteiger partial charge in [0.1, 0.15) is 0 Å². The first kappa shape index (κ1) is 10.7. The molecular weight excluding hydrogens is 230 g/mol. The topological polar surface area (TPSA) is 33.1 Å². The molecule has 1 N–H and O–H groups in total. The molecule has 1 unspecified atom stereocenters. The first-order valence-corrected chi connectivity index (χ1v) is 5.16. The van der Waals surface area contributed by atoms with Gasteiger partial charge in [-0.3, -0.25) is 4.98 Å². The molecule has 0 bridgehead atoms. The predicted molar refractivity (Wildman–Crippen MR) is 56.6 cm³/mol. The van der Waals surface area contributed by atoms with Crippen molar-refractivity contribution in [3.05, 3.63) is 28.5 Å². The van der Waals surface area contributed by atoms with Crippen molar-refractivity contribution in [2.75, 3.05) is 0 Å². The van der Waals surface area contributed by atoms with Crippen LogP contribution in [0.15, 0.2) is 22.8 Å². The van der Waals surface area contributed by atoms with Crippen LogP contribution in [-0.4, -0.2) is 15.7 Å². The fraction of sp³-hybridized carbons (Fsp3) is 0.500. The smallest absolute Gasteiger partial charge is 0.0672 e. The first-order chi connectivity index (χ1) is 6.05. The number of rotatable bonds is 3. The van der Waals surface area contributed by atoms with Crippen LogP contribution in [0.1, 0.15) is 26.0 Å². The highest BCUT2D eigenvalue weighted by Gasteiger charge is 2.19. The Bertz CT molecular complexity index is 286. The lowest BCUT2D eigenvalue weighted by Crippen LogP contribution is -2.26. The second-order valence-corrected chi connectivity index (χ2v) is 4.31. The summed E-state index contributed by atoms with van der Waals surface area (Å²) in [5, 5.41) is 9.84. The number of aliphatic hydroxyl groups is 1. The third kappa shape index (κ3) is 3.08. The molecule has 0 aliphatic heterocycles.